The molecular formula is C16H18N4O4S. The number of hydrogen-bond acceptors (Lipinski definition) is 6. The molecule has 0 fully saturated rings. The van der Waals surface area contributed by atoms with Gasteiger partial charge in [-0.05, 0) is 12.5 Å². The first-order valence-corrected chi connectivity index (χ1v) is 8.43. The molecule has 0 radical (unpaired) electrons. The lowest BCUT2D eigenvalue weighted by atomic mass is 10.1. The highest BCUT2D eigenvalue weighted by Crippen LogP contribution is 2.20. The van der Waals surface area contributed by atoms with Crippen molar-refractivity contribution < 1.29 is 14.7 Å². The minimum Gasteiger partial charge on any atom is -0.492 e. The standard InChI is InChI=1S/C16H18N4O4S/c1-9(11-6-4-3-5-7-11)17-12(22)8-25-16-19-14(23)13(15(24)20-16)18-10(2)21/h3-7,9H,8H2,1-2H3,(H,17,22)(H,18,21)(H2,19,20,23,24)/t9-/m1/s1. The molecule has 8 nitrogen and oxygen atoms in total. The van der Waals surface area contributed by atoms with E-state index in [-0.39, 0.29) is 28.5 Å². The van der Waals surface area contributed by atoms with Crippen molar-refractivity contribution in [3.63, 3.8) is 0 Å². The van der Waals surface area contributed by atoms with E-state index in [1.54, 1.807) is 0 Å². The molecule has 132 valence electrons. The molecule has 9 heteroatoms. The summed E-state index contributed by atoms with van der Waals surface area (Å²) >= 11 is 0.970. The number of aromatic amines is 1. The fourth-order valence-corrected chi connectivity index (χ4v) is 2.71. The van der Waals surface area contributed by atoms with Crippen molar-refractivity contribution in [3.05, 3.63) is 46.2 Å². The van der Waals surface area contributed by atoms with Crippen LogP contribution in [0, 0.1) is 0 Å². The number of carbonyl (C=O) groups excluding carboxylic acids is 2. The van der Waals surface area contributed by atoms with Crippen LogP contribution in [-0.2, 0) is 9.59 Å². The smallest absolute Gasteiger partial charge is 0.279 e. The van der Waals surface area contributed by atoms with Crippen molar-refractivity contribution in [1.29, 1.82) is 0 Å². The second-order valence-corrected chi connectivity index (χ2v) is 6.20. The van der Waals surface area contributed by atoms with Gasteiger partial charge in [-0.25, -0.2) is 0 Å². The SMILES string of the molecule is CC(=O)Nc1c(O)nc(SCC(=O)N[C@H](C)c2ccccc2)[nH]c1=O. The molecule has 2 aromatic rings. The van der Waals surface area contributed by atoms with Crippen molar-refractivity contribution in [3.8, 4) is 5.88 Å². The van der Waals surface area contributed by atoms with E-state index in [9.17, 15) is 19.5 Å². The Morgan fingerprint density at radius 3 is 2.60 bits per heavy atom. The van der Waals surface area contributed by atoms with Crippen LogP contribution in [-0.4, -0.2) is 32.6 Å². The number of aromatic hydroxyl groups is 1. The van der Waals surface area contributed by atoms with Crippen molar-refractivity contribution in [1.82, 2.24) is 15.3 Å². The number of rotatable bonds is 6. The highest BCUT2D eigenvalue weighted by atomic mass is 32.2. The van der Waals surface area contributed by atoms with E-state index in [0.29, 0.717) is 0 Å². The summed E-state index contributed by atoms with van der Waals surface area (Å²) in [5.41, 5.74) is -0.0352. The molecule has 0 bridgehead atoms. The number of carbonyl (C=O) groups is 2. The third-order valence-corrected chi connectivity index (χ3v) is 4.07. The molecule has 1 heterocycles. The summed E-state index contributed by atoms with van der Waals surface area (Å²) < 4.78 is 0. The lowest BCUT2D eigenvalue weighted by Gasteiger charge is -2.14. The Balaban J connectivity index is 1.96. The fraction of sp³-hybridized carbons (Fsp3) is 0.250. The summed E-state index contributed by atoms with van der Waals surface area (Å²) in [6.07, 6.45) is 0. The first-order valence-electron chi connectivity index (χ1n) is 7.44. The second kappa shape index (κ2) is 8.34. The van der Waals surface area contributed by atoms with Gasteiger partial charge in [0.05, 0.1) is 11.8 Å². The third-order valence-electron chi connectivity index (χ3n) is 3.20. The van der Waals surface area contributed by atoms with Gasteiger partial charge < -0.3 is 15.7 Å². The zero-order valence-electron chi connectivity index (χ0n) is 13.7. The molecule has 0 unspecified atom stereocenters. The predicted molar refractivity (Wildman–Crippen MR) is 94.5 cm³/mol. The van der Waals surface area contributed by atoms with Gasteiger partial charge in [-0.1, -0.05) is 42.1 Å². The summed E-state index contributed by atoms with van der Waals surface area (Å²) in [5, 5.41) is 14.8. The molecule has 0 spiro atoms. The molecule has 1 atom stereocenters. The van der Waals surface area contributed by atoms with Crippen molar-refractivity contribution in [2.75, 3.05) is 11.1 Å². The van der Waals surface area contributed by atoms with Gasteiger partial charge in [0.1, 0.15) is 0 Å². The van der Waals surface area contributed by atoms with Crippen LogP contribution < -0.4 is 16.2 Å². The summed E-state index contributed by atoms with van der Waals surface area (Å²) in [7, 11) is 0. The first-order chi connectivity index (χ1) is 11.9. The average molecular weight is 362 g/mol. The van der Waals surface area contributed by atoms with E-state index < -0.39 is 17.3 Å². The van der Waals surface area contributed by atoms with E-state index in [2.05, 4.69) is 20.6 Å². The second-order valence-electron chi connectivity index (χ2n) is 5.24. The number of hydrogen-bond donors (Lipinski definition) is 4. The molecule has 0 saturated carbocycles. The molecule has 0 aliphatic rings. The predicted octanol–water partition coefficient (Wildman–Crippen LogP) is 1.40. The van der Waals surface area contributed by atoms with E-state index in [0.717, 1.165) is 17.3 Å². The monoisotopic (exact) mass is 362 g/mol. The van der Waals surface area contributed by atoms with Gasteiger partial charge in [0.15, 0.2) is 10.8 Å². The normalized spacial score (nSPS) is 11.6. The quantitative estimate of drug-likeness (QED) is 0.455. The number of anilines is 1. The molecular weight excluding hydrogens is 344 g/mol. The number of nitrogens with one attached hydrogen (secondary N) is 3. The van der Waals surface area contributed by atoms with Gasteiger partial charge in [-0.2, -0.15) is 4.98 Å². The maximum Gasteiger partial charge on any atom is 0.279 e. The van der Waals surface area contributed by atoms with Gasteiger partial charge in [0.25, 0.3) is 5.56 Å². The molecule has 1 aromatic heterocycles. The summed E-state index contributed by atoms with van der Waals surface area (Å²) in [6, 6.07) is 9.34. The number of H-pyrrole nitrogens is 1. The Morgan fingerprint density at radius 1 is 1.32 bits per heavy atom. The first kappa shape index (κ1) is 18.5. The van der Waals surface area contributed by atoms with Gasteiger partial charge >= 0.3 is 0 Å². The Hall–Kier alpha value is -2.81. The zero-order chi connectivity index (χ0) is 18.4. The summed E-state index contributed by atoms with van der Waals surface area (Å²) in [5.74, 6) is -1.33. The van der Waals surface area contributed by atoms with Crippen LogP contribution in [0.15, 0.2) is 40.3 Å². The largest absolute Gasteiger partial charge is 0.492 e. The Labute approximate surface area is 148 Å². The molecule has 0 aliphatic heterocycles. The van der Waals surface area contributed by atoms with Crippen molar-refractivity contribution in [2.45, 2.75) is 25.0 Å². The molecule has 0 aliphatic carbocycles. The fourth-order valence-electron chi connectivity index (χ4n) is 2.04. The molecule has 2 amide bonds. The van der Waals surface area contributed by atoms with E-state index in [1.807, 2.05) is 37.3 Å². The average Bonchev–Trinajstić information content (AvgIpc) is 2.57. The van der Waals surface area contributed by atoms with Crippen LogP contribution in [0.1, 0.15) is 25.5 Å². The number of amides is 2. The summed E-state index contributed by atoms with van der Waals surface area (Å²) in [6.45, 7) is 3.08. The van der Waals surface area contributed by atoms with Crippen LogP contribution in [0.4, 0.5) is 5.69 Å². The Kier molecular flexibility index (Phi) is 6.18. The van der Waals surface area contributed by atoms with Gasteiger partial charge in [-0.3, -0.25) is 19.4 Å². The Bertz CT molecular complexity index is 823. The maximum atomic E-state index is 12.0. The number of nitrogens with zero attached hydrogens (tertiary/aromatic N) is 1. The van der Waals surface area contributed by atoms with Crippen LogP contribution in [0.2, 0.25) is 0 Å². The molecule has 0 saturated heterocycles. The van der Waals surface area contributed by atoms with Gasteiger partial charge in [0, 0.05) is 6.92 Å². The molecule has 1 aromatic carbocycles. The Morgan fingerprint density at radius 2 is 2.00 bits per heavy atom. The van der Waals surface area contributed by atoms with Gasteiger partial charge in [0.2, 0.25) is 17.7 Å². The van der Waals surface area contributed by atoms with Crippen LogP contribution in [0.3, 0.4) is 0 Å². The molecule has 4 N–H and O–H groups in total. The van der Waals surface area contributed by atoms with E-state index >= 15 is 0 Å². The number of thioether (sulfide) groups is 1. The van der Waals surface area contributed by atoms with Gasteiger partial charge in [-0.15, -0.1) is 0 Å². The lowest BCUT2D eigenvalue weighted by molar-refractivity contribution is -0.119. The number of benzene rings is 1. The molecule has 2 rings (SSSR count). The van der Waals surface area contributed by atoms with E-state index in [4.69, 9.17) is 0 Å². The maximum absolute atomic E-state index is 12.0. The molecule has 25 heavy (non-hydrogen) atoms. The van der Waals surface area contributed by atoms with Crippen LogP contribution in [0.25, 0.3) is 0 Å². The van der Waals surface area contributed by atoms with E-state index in [1.165, 1.54) is 6.92 Å². The highest BCUT2D eigenvalue weighted by Gasteiger charge is 2.14. The lowest BCUT2D eigenvalue weighted by Crippen LogP contribution is -2.28. The zero-order valence-corrected chi connectivity index (χ0v) is 14.5. The third kappa shape index (κ3) is 5.35. The minimum absolute atomic E-state index is 0.0129. The topological polar surface area (TPSA) is 124 Å². The summed E-state index contributed by atoms with van der Waals surface area (Å²) in [4.78, 5) is 41.0. The van der Waals surface area contributed by atoms with Crippen molar-refractivity contribution >= 4 is 29.3 Å². The van der Waals surface area contributed by atoms with Crippen LogP contribution >= 0.6 is 11.8 Å². The van der Waals surface area contributed by atoms with Crippen LogP contribution in [0.5, 0.6) is 5.88 Å². The number of aromatic nitrogens is 2. The highest BCUT2D eigenvalue weighted by molar-refractivity contribution is 7.99. The minimum atomic E-state index is -0.691. The van der Waals surface area contributed by atoms with Crippen molar-refractivity contribution in [2.24, 2.45) is 0 Å².